The molecule has 0 spiro atoms. The number of furan rings is 1. The van der Waals surface area contributed by atoms with Crippen molar-refractivity contribution in [2.45, 2.75) is 20.4 Å². The predicted molar refractivity (Wildman–Crippen MR) is 137 cm³/mol. The van der Waals surface area contributed by atoms with Crippen LogP contribution < -0.4 is 24.8 Å². The van der Waals surface area contributed by atoms with Gasteiger partial charge in [-0.25, -0.2) is 0 Å². The largest absolute Gasteiger partial charge is 0.493 e. The van der Waals surface area contributed by atoms with E-state index in [-0.39, 0.29) is 24.2 Å². The summed E-state index contributed by atoms with van der Waals surface area (Å²) in [5.41, 5.74) is 1.40. The summed E-state index contributed by atoms with van der Waals surface area (Å²) in [5, 5.41) is 5.55. The second kappa shape index (κ2) is 13.8. The van der Waals surface area contributed by atoms with E-state index in [4.69, 9.17) is 18.6 Å². The SMILES string of the molecule is CCN(CC)CCOc1ccc(CNC(=O)COc2cccc(NC(=O)c3ccco3)c2)cc1OC. The molecule has 0 radical (unpaired) electrons. The highest BCUT2D eigenvalue weighted by atomic mass is 16.5. The Morgan fingerprint density at radius 1 is 0.972 bits per heavy atom. The molecule has 0 unspecified atom stereocenters. The number of nitrogens with one attached hydrogen (secondary N) is 2. The molecule has 2 N–H and O–H groups in total. The van der Waals surface area contributed by atoms with Crippen LogP contribution in [0.15, 0.2) is 65.3 Å². The number of ether oxygens (including phenoxy) is 3. The van der Waals surface area contributed by atoms with Gasteiger partial charge in [-0.15, -0.1) is 0 Å². The number of amides is 2. The van der Waals surface area contributed by atoms with Gasteiger partial charge in [-0.2, -0.15) is 0 Å². The van der Waals surface area contributed by atoms with Crippen LogP contribution in [0.4, 0.5) is 5.69 Å². The number of rotatable bonds is 14. The number of likely N-dealkylation sites (N-methyl/N-ethyl adjacent to an activating group) is 1. The van der Waals surface area contributed by atoms with E-state index in [0.717, 1.165) is 25.2 Å². The molecule has 0 saturated heterocycles. The maximum absolute atomic E-state index is 12.3. The third-order valence-corrected chi connectivity index (χ3v) is 5.48. The molecule has 2 aromatic carbocycles. The lowest BCUT2D eigenvalue weighted by Gasteiger charge is -2.19. The second-order valence-corrected chi connectivity index (χ2v) is 7.89. The van der Waals surface area contributed by atoms with E-state index in [9.17, 15) is 9.59 Å². The van der Waals surface area contributed by atoms with Crippen LogP contribution in [-0.4, -0.2) is 56.7 Å². The van der Waals surface area contributed by atoms with Crippen molar-refractivity contribution in [3.8, 4) is 17.2 Å². The lowest BCUT2D eigenvalue weighted by atomic mass is 10.2. The monoisotopic (exact) mass is 495 g/mol. The van der Waals surface area contributed by atoms with Gasteiger partial charge in [0.2, 0.25) is 0 Å². The Kier molecular flexibility index (Phi) is 10.2. The van der Waals surface area contributed by atoms with Crippen molar-refractivity contribution in [1.29, 1.82) is 0 Å². The van der Waals surface area contributed by atoms with Crippen molar-refractivity contribution in [3.63, 3.8) is 0 Å². The Morgan fingerprint density at radius 2 is 1.81 bits per heavy atom. The summed E-state index contributed by atoms with van der Waals surface area (Å²) < 4.78 is 22.0. The maximum Gasteiger partial charge on any atom is 0.291 e. The molecule has 2 amide bonds. The van der Waals surface area contributed by atoms with E-state index in [2.05, 4.69) is 29.4 Å². The van der Waals surface area contributed by atoms with Crippen LogP contribution in [-0.2, 0) is 11.3 Å². The number of hydrogen-bond donors (Lipinski definition) is 2. The van der Waals surface area contributed by atoms with E-state index in [1.165, 1.54) is 6.26 Å². The first-order valence-electron chi connectivity index (χ1n) is 11.9. The van der Waals surface area contributed by atoms with Crippen LogP contribution in [0.3, 0.4) is 0 Å². The lowest BCUT2D eigenvalue weighted by Crippen LogP contribution is -2.28. The van der Waals surface area contributed by atoms with Gasteiger partial charge in [0.25, 0.3) is 11.8 Å². The summed E-state index contributed by atoms with van der Waals surface area (Å²) >= 11 is 0. The average molecular weight is 496 g/mol. The number of hydrogen-bond acceptors (Lipinski definition) is 7. The molecule has 0 aliphatic heterocycles. The molecule has 0 saturated carbocycles. The van der Waals surface area contributed by atoms with Gasteiger partial charge in [0.1, 0.15) is 12.4 Å². The first-order valence-corrected chi connectivity index (χ1v) is 11.9. The molecule has 0 fully saturated rings. The topological polar surface area (TPSA) is 102 Å². The summed E-state index contributed by atoms with van der Waals surface area (Å²) in [6, 6.07) is 15.6. The first-order chi connectivity index (χ1) is 17.5. The van der Waals surface area contributed by atoms with Crippen molar-refractivity contribution in [1.82, 2.24) is 10.2 Å². The normalized spacial score (nSPS) is 10.7. The molecular weight excluding hydrogens is 462 g/mol. The molecule has 0 aliphatic rings. The number of nitrogens with zero attached hydrogens (tertiary/aromatic N) is 1. The maximum atomic E-state index is 12.3. The molecule has 3 aromatic rings. The van der Waals surface area contributed by atoms with Gasteiger partial charge in [0.15, 0.2) is 23.9 Å². The molecule has 3 rings (SSSR count). The van der Waals surface area contributed by atoms with Crippen molar-refractivity contribution in [2.24, 2.45) is 0 Å². The number of carbonyl (C=O) groups is 2. The predicted octanol–water partition coefficient (Wildman–Crippen LogP) is 3.96. The van der Waals surface area contributed by atoms with Gasteiger partial charge in [-0.3, -0.25) is 9.59 Å². The van der Waals surface area contributed by atoms with Crippen LogP contribution in [0, 0.1) is 0 Å². The Bertz CT molecular complexity index is 1110. The summed E-state index contributed by atoms with van der Waals surface area (Å²) in [6.45, 7) is 7.76. The fourth-order valence-electron chi connectivity index (χ4n) is 3.43. The van der Waals surface area contributed by atoms with Crippen LogP contribution in [0.2, 0.25) is 0 Å². The highest BCUT2D eigenvalue weighted by Gasteiger charge is 2.11. The standard InChI is InChI=1S/C27H33N3O6/c1-4-30(5-2)13-15-35-23-12-11-20(16-25(23)33-3)18-28-26(31)19-36-22-9-6-8-21(17-22)29-27(32)24-10-7-14-34-24/h6-12,14,16-17H,4-5,13,15,18-19H2,1-3H3,(H,28,31)(H,29,32). The van der Waals surface area contributed by atoms with E-state index < -0.39 is 0 Å². The number of benzene rings is 2. The van der Waals surface area contributed by atoms with Crippen LogP contribution >= 0.6 is 0 Å². The zero-order valence-corrected chi connectivity index (χ0v) is 20.9. The average Bonchev–Trinajstić information content (AvgIpc) is 3.45. The molecule has 0 atom stereocenters. The summed E-state index contributed by atoms with van der Waals surface area (Å²) in [6.07, 6.45) is 1.43. The van der Waals surface area contributed by atoms with E-state index in [1.54, 1.807) is 43.5 Å². The summed E-state index contributed by atoms with van der Waals surface area (Å²) in [7, 11) is 1.59. The fraction of sp³-hybridized carbons (Fsp3) is 0.333. The Balaban J connectivity index is 1.45. The Labute approximate surface area is 211 Å². The number of anilines is 1. The van der Waals surface area contributed by atoms with Crippen molar-refractivity contribution < 1.29 is 28.2 Å². The minimum Gasteiger partial charge on any atom is -0.493 e. The van der Waals surface area contributed by atoms with E-state index in [0.29, 0.717) is 36.1 Å². The Morgan fingerprint density at radius 3 is 2.53 bits per heavy atom. The van der Waals surface area contributed by atoms with E-state index >= 15 is 0 Å². The molecule has 1 heterocycles. The van der Waals surface area contributed by atoms with Crippen LogP contribution in [0.1, 0.15) is 30.0 Å². The van der Waals surface area contributed by atoms with Gasteiger partial charge in [0.05, 0.1) is 13.4 Å². The summed E-state index contributed by atoms with van der Waals surface area (Å²) in [4.78, 5) is 26.7. The Hall–Kier alpha value is -3.98. The van der Waals surface area contributed by atoms with Crippen LogP contribution in [0.25, 0.3) is 0 Å². The van der Waals surface area contributed by atoms with Gasteiger partial charge in [-0.1, -0.05) is 26.0 Å². The van der Waals surface area contributed by atoms with Crippen LogP contribution in [0.5, 0.6) is 17.2 Å². The van der Waals surface area contributed by atoms with Gasteiger partial charge in [-0.05, 0) is 55.1 Å². The second-order valence-electron chi connectivity index (χ2n) is 7.89. The minimum atomic E-state index is -0.370. The number of carbonyl (C=O) groups excluding carboxylic acids is 2. The molecule has 192 valence electrons. The quantitative estimate of drug-likeness (QED) is 0.349. The lowest BCUT2D eigenvalue weighted by molar-refractivity contribution is -0.123. The van der Waals surface area contributed by atoms with Crippen molar-refractivity contribution >= 4 is 17.5 Å². The third-order valence-electron chi connectivity index (χ3n) is 5.48. The molecule has 9 heteroatoms. The molecule has 1 aromatic heterocycles. The van der Waals surface area contributed by atoms with Gasteiger partial charge >= 0.3 is 0 Å². The minimum absolute atomic E-state index is 0.167. The number of methoxy groups -OCH3 is 1. The van der Waals surface area contributed by atoms with Gasteiger partial charge < -0.3 is 34.2 Å². The molecule has 0 bridgehead atoms. The zero-order valence-electron chi connectivity index (χ0n) is 20.9. The van der Waals surface area contributed by atoms with Gasteiger partial charge in [0, 0.05) is 24.8 Å². The third kappa shape index (κ3) is 8.06. The van der Waals surface area contributed by atoms with Crippen molar-refractivity contribution in [3.05, 3.63) is 72.2 Å². The summed E-state index contributed by atoms with van der Waals surface area (Å²) in [5.74, 6) is 1.30. The smallest absolute Gasteiger partial charge is 0.291 e. The highest BCUT2D eigenvalue weighted by molar-refractivity contribution is 6.02. The van der Waals surface area contributed by atoms with E-state index in [1.807, 2.05) is 18.2 Å². The molecule has 9 nitrogen and oxygen atoms in total. The molecular formula is C27H33N3O6. The van der Waals surface area contributed by atoms with Crippen molar-refractivity contribution in [2.75, 3.05) is 45.3 Å². The highest BCUT2D eigenvalue weighted by Crippen LogP contribution is 2.28. The molecule has 0 aliphatic carbocycles. The fourth-order valence-corrected chi connectivity index (χ4v) is 3.43. The zero-order chi connectivity index (χ0) is 25.8. The molecule has 36 heavy (non-hydrogen) atoms. The first kappa shape index (κ1) is 26.6.